The third-order valence-corrected chi connectivity index (χ3v) is 4.84. The normalized spacial score (nSPS) is 10.3. The number of amides is 2. The topological polar surface area (TPSA) is 127 Å². The van der Waals surface area contributed by atoms with Crippen LogP contribution in [0.3, 0.4) is 0 Å². The van der Waals surface area contributed by atoms with Crippen LogP contribution < -0.4 is 10.6 Å². The molecule has 0 aliphatic carbocycles. The number of benzene rings is 2. The number of rotatable bonds is 7. The van der Waals surface area contributed by atoms with E-state index >= 15 is 0 Å². The molecule has 152 valence electrons. The Morgan fingerprint density at radius 3 is 2.40 bits per heavy atom. The lowest BCUT2D eigenvalue weighted by molar-refractivity contribution is -0.383. The quantitative estimate of drug-likeness (QED) is 0.337. The monoisotopic (exact) mass is 423 g/mol. The van der Waals surface area contributed by atoms with E-state index in [4.69, 9.17) is 0 Å². The molecule has 3 aromatic rings. The molecule has 0 bridgehead atoms. The average molecular weight is 423 g/mol. The van der Waals surface area contributed by atoms with Crippen molar-refractivity contribution < 1.29 is 14.5 Å². The number of anilines is 2. The molecule has 2 N–H and O–H groups in total. The SMILES string of the molecule is Cc1ccc(C(=O)Nc2ccc(SCC(=O)Nc3ccccc3[N+](=O)[O-])nn2)cc1. The van der Waals surface area contributed by atoms with E-state index in [0.717, 1.165) is 17.3 Å². The third-order valence-electron chi connectivity index (χ3n) is 3.92. The molecule has 0 aliphatic rings. The van der Waals surface area contributed by atoms with Crippen molar-refractivity contribution in [2.24, 2.45) is 0 Å². The van der Waals surface area contributed by atoms with Crippen LogP contribution in [0.4, 0.5) is 17.2 Å². The Bertz CT molecular complexity index is 1070. The zero-order valence-corrected chi connectivity index (χ0v) is 16.7. The highest BCUT2D eigenvalue weighted by Crippen LogP contribution is 2.24. The summed E-state index contributed by atoms with van der Waals surface area (Å²) in [4.78, 5) is 34.7. The fourth-order valence-electron chi connectivity index (χ4n) is 2.42. The molecular formula is C20H17N5O4S. The Kier molecular flexibility index (Phi) is 6.71. The molecule has 0 saturated carbocycles. The lowest BCUT2D eigenvalue weighted by atomic mass is 10.1. The van der Waals surface area contributed by atoms with Crippen LogP contribution in [-0.4, -0.2) is 32.7 Å². The average Bonchev–Trinajstić information content (AvgIpc) is 2.74. The number of carbonyl (C=O) groups is 2. The van der Waals surface area contributed by atoms with Gasteiger partial charge in [0.15, 0.2) is 5.82 Å². The lowest BCUT2D eigenvalue weighted by Crippen LogP contribution is -2.15. The highest BCUT2D eigenvalue weighted by molar-refractivity contribution is 7.99. The Morgan fingerprint density at radius 1 is 1.00 bits per heavy atom. The van der Waals surface area contributed by atoms with Crippen molar-refractivity contribution in [3.63, 3.8) is 0 Å². The van der Waals surface area contributed by atoms with Crippen molar-refractivity contribution in [3.8, 4) is 0 Å². The summed E-state index contributed by atoms with van der Waals surface area (Å²) in [6, 6.07) is 16.2. The van der Waals surface area contributed by atoms with E-state index in [9.17, 15) is 19.7 Å². The maximum Gasteiger partial charge on any atom is 0.292 e. The highest BCUT2D eigenvalue weighted by Gasteiger charge is 2.15. The summed E-state index contributed by atoms with van der Waals surface area (Å²) in [6.45, 7) is 1.94. The van der Waals surface area contributed by atoms with Crippen LogP contribution in [0.2, 0.25) is 0 Å². The molecule has 0 radical (unpaired) electrons. The standard InChI is InChI=1S/C20H17N5O4S/c1-13-6-8-14(9-7-13)20(27)22-17-10-11-19(24-23-17)30-12-18(26)21-15-4-2-3-5-16(15)25(28)29/h2-11H,12H2,1H3,(H,21,26)(H,22,23,27). The number of hydrogen-bond donors (Lipinski definition) is 2. The molecule has 9 nitrogen and oxygen atoms in total. The van der Waals surface area contributed by atoms with Gasteiger partial charge in [-0.2, -0.15) is 0 Å². The Morgan fingerprint density at radius 2 is 1.73 bits per heavy atom. The fraction of sp³-hybridized carbons (Fsp3) is 0.100. The van der Waals surface area contributed by atoms with Gasteiger partial charge >= 0.3 is 0 Å². The zero-order chi connectivity index (χ0) is 21.5. The molecule has 0 spiro atoms. The van der Waals surface area contributed by atoms with Crippen LogP contribution in [0.1, 0.15) is 15.9 Å². The summed E-state index contributed by atoms with van der Waals surface area (Å²) in [6.07, 6.45) is 0. The second-order valence-electron chi connectivity index (χ2n) is 6.19. The van der Waals surface area contributed by atoms with Gasteiger partial charge in [0, 0.05) is 11.6 Å². The van der Waals surface area contributed by atoms with Gasteiger partial charge in [0.1, 0.15) is 10.7 Å². The molecule has 1 aromatic heterocycles. The van der Waals surface area contributed by atoms with E-state index < -0.39 is 10.8 Å². The number of nitrogens with one attached hydrogen (secondary N) is 2. The minimum atomic E-state index is -0.558. The molecule has 2 aromatic carbocycles. The van der Waals surface area contributed by atoms with Crippen molar-refractivity contribution in [1.29, 1.82) is 0 Å². The first-order valence-electron chi connectivity index (χ1n) is 8.80. The van der Waals surface area contributed by atoms with E-state index in [0.29, 0.717) is 10.6 Å². The summed E-state index contributed by atoms with van der Waals surface area (Å²) >= 11 is 1.12. The molecule has 0 fully saturated rings. The summed E-state index contributed by atoms with van der Waals surface area (Å²) in [5.41, 5.74) is 1.52. The van der Waals surface area contributed by atoms with E-state index in [1.165, 1.54) is 18.2 Å². The van der Waals surface area contributed by atoms with Gasteiger partial charge in [-0.15, -0.1) is 10.2 Å². The maximum absolute atomic E-state index is 12.2. The van der Waals surface area contributed by atoms with Gasteiger partial charge in [-0.1, -0.05) is 41.6 Å². The lowest BCUT2D eigenvalue weighted by Gasteiger charge is -2.06. The molecular weight excluding hydrogens is 406 g/mol. The molecule has 10 heteroatoms. The first-order chi connectivity index (χ1) is 14.4. The van der Waals surface area contributed by atoms with Crippen molar-refractivity contribution in [3.05, 3.63) is 81.9 Å². The number of para-hydroxylation sites is 2. The first kappa shape index (κ1) is 20.9. The van der Waals surface area contributed by atoms with Gasteiger partial charge in [-0.05, 0) is 37.3 Å². The molecule has 0 saturated heterocycles. The fourth-order valence-corrected chi connectivity index (χ4v) is 3.04. The summed E-state index contributed by atoms with van der Waals surface area (Å²) in [7, 11) is 0. The van der Waals surface area contributed by atoms with Crippen molar-refractivity contribution in [1.82, 2.24) is 10.2 Å². The predicted molar refractivity (Wildman–Crippen MR) is 114 cm³/mol. The smallest absolute Gasteiger partial charge is 0.292 e. The number of aryl methyl sites for hydroxylation is 1. The van der Waals surface area contributed by atoms with Crippen molar-refractivity contribution in [2.75, 3.05) is 16.4 Å². The number of carbonyl (C=O) groups excluding carboxylic acids is 2. The zero-order valence-electron chi connectivity index (χ0n) is 15.9. The molecule has 0 atom stereocenters. The minimum absolute atomic E-state index is 0.00417. The van der Waals surface area contributed by atoms with Crippen molar-refractivity contribution >= 4 is 40.8 Å². The second kappa shape index (κ2) is 9.61. The summed E-state index contributed by atoms with van der Waals surface area (Å²) in [5, 5.41) is 24.6. The van der Waals surface area contributed by atoms with Crippen molar-refractivity contribution in [2.45, 2.75) is 11.9 Å². The molecule has 2 amide bonds. The molecule has 0 unspecified atom stereocenters. The Labute approximate surface area is 176 Å². The molecule has 3 rings (SSSR count). The van der Waals surface area contributed by atoms with Crippen LogP contribution in [0.25, 0.3) is 0 Å². The van der Waals surface area contributed by atoms with E-state index in [1.54, 1.807) is 30.3 Å². The number of nitro groups is 1. The number of aromatic nitrogens is 2. The van der Waals surface area contributed by atoms with Gasteiger partial charge in [-0.3, -0.25) is 19.7 Å². The van der Waals surface area contributed by atoms with Crippen LogP contribution >= 0.6 is 11.8 Å². The Balaban J connectivity index is 1.53. The minimum Gasteiger partial charge on any atom is -0.320 e. The van der Waals surface area contributed by atoms with Crippen LogP contribution in [0.5, 0.6) is 0 Å². The molecule has 1 heterocycles. The number of thioether (sulfide) groups is 1. The van der Waals surface area contributed by atoms with Gasteiger partial charge in [0.2, 0.25) is 5.91 Å². The Hall–Kier alpha value is -3.79. The number of nitro benzene ring substituents is 1. The number of hydrogen-bond acceptors (Lipinski definition) is 7. The third kappa shape index (κ3) is 5.61. The van der Waals surface area contributed by atoms with Crippen LogP contribution in [0, 0.1) is 17.0 Å². The number of nitrogens with zero attached hydrogens (tertiary/aromatic N) is 3. The maximum atomic E-state index is 12.2. The van der Waals surface area contributed by atoms with Gasteiger partial charge in [0.25, 0.3) is 11.6 Å². The van der Waals surface area contributed by atoms with E-state index in [2.05, 4.69) is 20.8 Å². The highest BCUT2D eigenvalue weighted by atomic mass is 32.2. The summed E-state index contributed by atoms with van der Waals surface area (Å²) in [5.74, 6) is -0.425. The van der Waals surface area contributed by atoms with Gasteiger partial charge in [0.05, 0.1) is 10.7 Å². The van der Waals surface area contributed by atoms with E-state index in [1.807, 2.05) is 19.1 Å². The predicted octanol–water partition coefficient (Wildman–Crippen LogP) is 3.68. The summed E-state index contributed by atoms with van der Waals surface area (Å²) < 4.78 is 0. The molecule has 0 aliphatic heterocycles. The van der Waals surface area contributed by atoms with Crippen LogP contribution in [0.15, 0.2) is 65.7 Å². The largest absolute Gasteiger partial charge is 0.320 e. The van der Waals surface area contributed by atoms with E-state index in [-0.39, 0.29) is 28.9 Å². The molecule has 30 heavy (non-hydrogen) atoms. The van der Waals surface area contributed by atoms with Gasteiger partial charge < -0.3 is 10.6 Å². The van der Waals surface area contributed by atoms with Crippen LogP contribution in [-0.2, 0) is 4.79 Å². The second-order valence-corrected chi connectivity index (χ2v) is 7.18. The van der Waals surface area contributed by atoms with Gasteiger partial charge in [-0.25, -0.2) is 0 Å². The first-order valence-corrected chi connectivity index (χ1v) is 9.79.